The number of amides is 1. The molecule has 2 rings (SSSR count). The van der Waals surface area contributed by atoms with E-state index >= 15 is 0 Å². The second kappa shape index (κ2) is 4.34. The molecule has 1 aliphatic heterocycles. The molecule has 0 bridgehead atoms. The van der Waals surface area contributed by atoms with Crippen molar-refractivity contribution in [3.05, 3.63) is 12.5 Å². The zero-order valence-electron chi connectivity index (χ0n) is 9.18. The highest BCUT2D eigenvalue weighted by Crippen LogP contribution is 2.27. The first-order chi connectivity index (χ1) is 7.74. The van der Waals surface area contributed by atoms with Gasteiger partial charge in [0.2, 0.25) is 5.91 Å². The Morgan fingerprint density at radius 1 is 1.69 bits per heavy atom. The molecule has 1 unspecified atom stereocenters. The van der Waals surface area contributed by atoms with Crippen molar-refractivity contribution < 1.29 is 4.79 Å². The summed E-state index contributed by atoms with van der Waals surface area (Å²) in [5.41, 5.74) is 6.32. The van der Waals surface area contributed by atoms with Crippen LogP contribution in [0, 0.1) is 0 Å². The van der Waals surface area contributed by atoms with E-state index in [0.29, 0.717) is 11.5 Å². The number of likely N-dealkylation sites (N-methyl/N-ethyl adjacent to an activating group) is 1. The van der Waals surface area contributed by atoms with Gasteiger partial charge in [0.1, 0.15) is 12.4 Å². The lowest BCUT2D eigenvalue weighted by molar-refractivity contribution is -0.121. The minimum atomic E-state index is -0.165. The molecule has 1 aromatic heterocycles. The standard InChI is InChI=1S/C10H15N5O/c1-12-10(16)8-3-2-4-15(8)9-7(11)5-13-6-14-9/h5-6,8H,2-4,11H2,1H3,(H,12,16). The maximum absolute atomic E-state index is 11.7. The topological polar surface area (TPSA) is 84.1 Å². The van der Waals surface area contributed by atoms with Crippen LogP contribution in [0.2, 0.25) is 0 Å². The van der Waals surface area contributed by atoms with Gasteiger partial charge in [0.15, 0.2) is 5.82 Å². The molecule has 0 saturated carbocycles. The van der Waals surface area contributed by atoms with Crippen LogP contribution in [0.3, 0.4) is 0 Å². The van der Waals surface area contributed by atoms with Gasteiger partial charge in [-0.05, 0) is 12.8 Å². The smallest absolute Gasteiger partial charge is 0.242 e. The molecule has 1 aromatic rings. The number of aromatic nitrogens is 2. The number of rotatable bonds is 2. The predicted molar refractivity (Wildman–Crippen MR) is 60.9 cm³/mol. The van der Waals surface area contributed by atoms with Crippen molar-refractivity contribution in [2.75, 3.05) is 24.2 Å². The summed E-state index contributed by atoms with van der Waals surface area (Å²) in [6, 6.07) is -0.165. The fourth-order valence-corrected chi connectivity index (χ4v) is 2.03. The Morgan fingerprint density at radius 2 is 2.50 bits per heavy atom. The van der Waals surface area contributed by atoms with Gasteiger partial charge in [-0.15, -0.1) is 0 Å². The molecule has 0 aromatic carbocycles. The highest BCUT2D eigenvalue weighted by molar-refractivity contribution is 5.86. The molecule has 86 valence electrons. The molecule has 16 heavy (non-hydrogen) atoms. The Bertz CT molecular complexity index is 395. The van der Waals surface area contributed by atoms with Crippen LogP contribution in [0.5, 0.6) is 0 Å². The van der Waals surface area contributed by atoms with Crippen molar-refractivity contribution in [1.29, 1.82) is 0 Å². The van der Waals surface area contributed by atoms with E-state index in [4.69, 9.17) is 5.73 Å². The Kier molecular flexibility index (Phi) is 2.89. The number of anilines is 2. The number of nitrogens with zero attached hydrogens (tertiary/aromatic N) is 3. The van der Waals surface area contributed by atoms with Gasteiger partial charge in [-0.25, -0.2) is 9.97 Å². The van der Waals surface area contributed by atoms with E-state index in [2.05, 4.69) is 15.3 Å². The van der Waals surface area contributed by atoms with Crippen LogP contribution < -0.4 is 16.0 Å². The van der Waals surface area contributed by atoms with Crippen LogP contribution >= 0.6 is 0 Å². The molecule has 1 fully saturated rings. The summed E-state index contributed by atoms with van der Waals surface area (Å²) in [6.07, 6.45) is 4.82. The highest BCUT2D eigenvalue weighted by Gasteiger charge is 2.31. The first kappa shape index (κ1) is 10.7. The third kappa shape index (κ3) is 1.78. The van der Waals surface area contributed by atoms with E-state index < -0.39 is 0 Å². The van der Waals surface area contributed by atoms with Crippen LogP contribution in [-0.4, -0.2) is 35.5 Å². The lowest BCUT2D eigenvalue weighted by Gasteiger charge is -2.24. The molecule has 1 atom stereocenters. The van der Waals surface area contributed by atoms with E-state index in [1.165, 1.54) is 6.33 Å². The Hall–Kier alpha value is -1.85. The molecule has 6 heteroatoms. The van der Waals surface area contributed by atoms with Crippen LogP contribution in [0.25, 0.3) is 0 Å². The number of hydrogen-bond donors (Lipinski definition) is 2. The molecule has 0 aliphatic carbocycles. The summed E-state index contributed by atoms with van der Waals surface area (Å²) in [5, 5.41) is 2.66. The molecular weight excluding hydrogens is 206 g/mol. The summed E-state index contributed by atoms with van der Waals surface area (Å²) >= 11 is 0. The Morgan fingerprint density at radius 3 is 3.19 bits per heavy atom. The van der Waals surface area contributed by atoms with Crippen molar-refractivity contribution >= 4 is 17.4 Å². The zero-order chi connectivity index (χ0) is 11.5. The van der Waals surface area contributed by atoms with E-state index in [0.717, 1.165) is 19.4 Å². The monoisotopic (exact) mass is 221 g/mol. The van der Waals surface area contributed by atoms with Crippen molar-refractivity contribution in [3.8, 4) is 0 Å². The minimum absolute atomic E-state index is 0.00973. The van der Waals surface area contributed by atoms with E-state index in [1.54, 1.807) is 13.2 Å². The minimum Gasteiger partial charge on any atom is -0.394 e. The number of carbonyl (C=O) groups is 1. The second-order valence-corrected chi connectivity index (χ2v) is 3.77. The van der Waals surface area contributed by atoms with E-state index in [-0.39, 0.29) is 11.9 Å². The van der Waals surface area contributed by atoms with Crippen LogP contribution in [0.4, 0.5) is 11.5 Å². The average molecular weight is 221 g/mol. The van der Waals surface area contributed by atoms with Gasteiger partial charge in [0, 0.05) is 13.6 Å². The summed E-state index contributed by atoms with van der Waals surface area (Å²) in [5.74, 6) is 0.664. The van der Waals surface area contributed by atoms with Gasteiger partial charge >= 0.3 is 0 Å². The molecule has 0 spiro atoms. The van der Waals surface area contributed by atoms with Crippen molar-refractivity contribution in [2.45, 2.75) is 18.9 Å². The van der Waals surface area contributed by atoms with Crippen LogP contribution in [-0.2, 0) is 4.79 Å². The lowest BCUT2D eigenvalue weighted by Crippen LogP contribution is -2.42. The van der Waals surface area contributed by atoms with Crippen molar-refractivity contribution in [1.82, 2.24) is 15.3 Å². The van der Waals surface area contributed by atoms with Crippen molar-refractivity contribution in [2.24, 2.45) is 0 Å². The Balaban J connectivity index is 2.27. The molecule has 0 radical (unpaired) electrons. The summed E-state index contributed by atoms with van der Waals surface area (Å²) in [4.78, 5) is 21.6. The number of hydrogen-bond acceptors (Lipinski definition) is 5. The van der Waals surface area contributed by atoms with Gasteiger partial charge in [0.25, 0.3) is 0 Å². The number of carbonyl (C=O) groups excluding carboxylic acids is 1. The first-order valence-electron chi connectivity index (χ1n) is 5.27. The molecule has 1 saturated heterocycles. The summed E-state index contributed by atoms with van der Waals surface area (Å²) < 4.78 is 0. The lowest BCUT2D eigenvalue weighted by atomic mass is 10.2. The molecule has 2 heterocycles. The maximum Gasteiger partial charge on any atom is 0.242 e. The highest BCUT2D eigenvalue weighted by atomic mass is 16.2. The maximum atomic E-state index is 11.7. The number of nitrogen functional groups attached to an aromatic ring is 1. The first-order valence-corrected chi connectivity index (χ1v) is 5.27. The van der Waals surface area contributed by atoms with Gasteiger partial charge in [-0.2, -0.15) is 0 Å². The molecular formula is C10H15N5O. The van der Waals surface area contributed by atoms with Gasteiger partial charge in [-0.1, -0.05) is 0 Å². The number of nitrogens with two attached hydrogens (primary N) is 1. The van der Waals surface area contributed by atoms with Crippen molar-refractivity contribution in [3.63, 3.8) is 0 Å². The second-order valence-electron chi connectivity index (χ2n) is 3.77. The number of nitrogens with one attached hydrogen (secondary N) is 1. The molecule has 1 aliphatic rings. The van der Waals surface area contributed by atoms with Gasteiger partial charge < -0.3 is 16.0 Å². The van der Waals surface area contributed by atoms with Crippen LogP contribution in [0.1, 0.15) is 12.8 Å². The van der Waals surface area contributed by atoms with E-state index in [1.807, 2.05) is 4.90 Å². The SMILES string of the molecule is CNC(=O)C1CCCN1c1ncncc1N. The molecule has 3 N–H and O–H groups in total. The summed E-state index contributed by atoms with van der Waals surface area (Å²) in [7, 11) is 1.64. The average Bonchev–Trinajstić information content (AvgIpc) is 2.77. The predicted octanol–water partition coefficient (Wildman–Crippen LogP) is -0.226. The fraction of sp³-hybridized carbons (Fsp3) is 0.500. The van der Waals surface area contributed by atoms with Crippen LogP contribution in [0.15, 0.2) is 12.5 Å². The quantitative estimate of drug-likeness (QED) is 0.721. The van der Waals surface area contributed by atoms with E-state index in [9.17, 15) is 4.79 Å². The zero-order valence-corrected chi connectivity index (χ0v) is 9.18. The summed E-state index contributed by atoms with van der Waals surface area (Å²) in [6.45, 7) is 0.805. The molecule has 1 amide bonds. The normalized spacial score (nSPS) is 19.8. The third-order valence-electron chi connectivity index (χ3n) is 2.79. The molecule has 6 nitrogen and oxygen atoms in total. The van der Waals surface area contributed by atoms with Gasteiger partial charge in [-0.3, -0.25) is 4.79 Å². The third-order valence-corrected chi connectivity index (χ3v) is 2.79. The van der Waals surface area contributed by atoms with Gasteiger partial charge in [0.05, 0.1) is 11.9 Å². The Labute approximate surface area is 93.9 Å². The largest absolute Gasteiger partial charge is 0.394 e. The fourth-order valence-electron chi connectivity index (χ4n) is 2.03.